The largest absolute Gasteiger partial charge is 0.468 e. The molecule has 0 rings (SSSR count). The fourth-order valence-electron chi connectivity index (χ4n) is 2.64. The molecule has 0 aromatic carbocycles. The van der Waals surface area contributed by atoms with Crippen LogP contribution in [0.2, 0.25) is 0 Å². The van der Waals surface area contributed by atoms with Crippen molar-refractivity contribution in [3.05, 3.63) is 0 Å². The van der Waals surface area contributed by atoms with Crippen LogP contribution in [0.25, 0.3) is 0 Å². The zero-order valence-corrected chi connectivity index (χ0v) is 24.1. The van der Waals surface area contributed by atoms with Crippen molar-refractivity contribution in [2.75, 3.05) is 14.2 Å². The zero-order chi connectivity index (χ0) is 21.9. The van der Waals surface area contributed by atoms with Gasteiger partial charge in [0.25, 0.3) is 0 Å². The third-order valence-corrected chi connectivity index (χ3v) is 5.40. The van der Waals surface area contributed by atoms with Crippen LogP contribution < -0.4 is 0 Å². The topological polar surface area (TPSA) is 52.6 Å². The molecule has 0 aliphatic heterocycles. The van der Waals surface area contributed by atoms with Gasteiger partial charge in [-0.3, -0.25) is 9.59 Å². The van der Waals surface area contributed by atoms with E-state index in [-0.39, 0.29) is 46.3 Å². The second kappa shape index (κ2) is 23.1. The zero-order valence-electron chi connectivity index (χ0n) is 19.4. The van der Waals surface area contributed by atoms with Crippen LogP contribution in [-0.2, 0) is 19.1 Å². The molecule has 0 aromatic rings. The minimum absolute atomic E-state index is 0. The third kappa shape index (κ3) is 24.6. The van der Waals surface area contributed by atoms with Crippen molar-refractivity contribution >= 4 is 61.1 Å². The first-order valence-corrected chi connectivity index (χ1v) is 11.7. The number of unbranched alkanes of at least 4 members (excludes halogenated alkanes) is 4. The van der Waals surface area contributed by atoms with E-state index in [0.717, 1.165) is 37.5 Å². The van der Waals surface area contributed by atoms with Crippen LogP contribution >= 0.6 is 25.3 Å². The van der Waals surface area contributed by atoms with Gasteiger partial charge >= 0.3 is 11.9 Å². The molecule has 0 spiro atoms. The molecule has 29 heavy (non-hydrogen) atoms. The average molecular weight is 555 g/mol. The van der Waals surface area contributed by atoms with Gasteiger partial charge in [0.15, 0.2) is 0 Å². The minimum atomic E-state index is -0.237. The van der Waals surface area contributed by atoms with Crippen LogP contribution in [0.4, 0.5) is 0 Å². The van der Waals surface area contributed by atoms with E-state index in [1.807, 2.05) is 0 Å². The van der Waals surface area contributed by atoms with Crippen molar-refractivity contribution in [1.29, 1.82) is 0 Å². The summed E-state index contributed by atoms with van der Waals surface area (Å²) in [6, 6.07) is 0. The quantitative estimate of drug-likeness (QED) is 0.124. The molecule has 7 heteroatoms. The number of rotatable bonds is 14. The molecule has 4 radical (unpaired) electrons. The Hall–Kier alpha value is 0.439. The molecule has 0 saturated heterocycles. The summed E-state index contributed by atoms with van der Waals surface area (Å²) in [5.41, 5.74) is 0. The van der Waals surface area contributed by atoms with Gasteiger partial charge < -0.3 is 9.47 Å². The second-order valence-electron chi connectivity index (χ2n) is 8.14. The normalized spacial score (nSPS) is 12.5. The summed E-state index contributed by atoms with van der Waals surface area (Å²) in [5, 5.41) is -0.474. The van der Waals surface area contributed by atoms with Crippen molar-refractivity contribution in [3.63, 3.8) is 0 Å². The Balaban J connectivity index is -0.000000451. The molecule has 0 bridgehead atoms. The van der Waals surface area contributed by atoms with Crippen LogP contribution in [0.3, 0.4) is 0 Å². The Morgan fingerprint density at radius 2 is 0.897 bits per heavy atom. The first-order valence-electron chi connectivity index (χ1n) is 10.7. The molecule has 0 aromatic heterocycles. The van der Waals surface area contributed by atoms with Crippen LogP contribution in [-0.4, -0.2) is 60.6 Å². The molecule has 0 aliphatic carbocycles. The average Bonchev–Trinajstić information content (AvgIpc) is 2.65. The van der Waals surface area contributed by atoms with Crippen molar-refractivity contribution in [1.82, 2.24) is 0 Å². The van der Waals surface area contributed by atoms with Gasteiger partial charge in [0.05, 0.1) is 24.7 Å². The summed E-state index contributed by atoms with van der Waals surface area (Å²) < 4.78 is 9.18. The van der Waals surface area contributed by atoms with Crippen molar-refractivity contribution in [2.24, 2.45) is 11.8 Å². The number of esters is 2. The molecular formula is C22H44O4S2Sn. The van der Waals surface area contributed by atoms with E-state index in [2.05, 4.69) is 62.4 Å². The standard InChI is InChI=1S/2C11H22O2S.Sn/c2*1-9(2)7-5-4-6-8-10(14)11(12)13-3;/h2*9-10,14H,4-8H2,1-3H3;. The van der Waals surface area contributed by atoms with Gasteiger partial charge in [-0.05, 0) is 24.7 Å². The van der Waals surface area contributed by atoms with E-state index in [0.29, 0.717) is 0 Å². The molecule has 0 aliphatic rings. The number of carbonyl (C=O) groups excluding carboxylic acids is 2. The molecule has 0 amide bonds. The summed E-state index contributed by atoms with van der Waals surface area (Å²) in [6.45, 7) is 8.93. The summed E-state index contributed by atoms with van der Waals surface area (Å²) in [7, 11) is 2.81. The monoisotopic (exact) mass is 556 g/mol. The first-order chi connectivity index (χ1) is 13.1. The fourth-order valence-corrected chi connectivity index (χ4v) is 3.22. The first kappa shape index (κ1) is 34.1. The number of hydrogen-bond acceptors (Lipinski definition) is 6. The molecule has 0 heterocycles. The molecule has 2 unspecified atom stereocenters. The van der Waals surface area contributed by atoms with E-state index in [1.54, 1.807) is 0 Å². The molecule has 0 N–H and O–H groups in total. The minimum Gasteiger partial charge on any atom is -0.468 e. The summed E-state index contributed by atoms with van der Waals surface area (Å²) in [5.74, 6) is 1.14. The number of hydrogen-bond donors (Lipinski definition) is 2. The summed E-state index contributed by atoms with van der Waals surface area (Å²) >= 11 is 8.35. The predicted molar refractivity (Wildman–Crippen MR) is 131 cm³/mol. The number of thiol groups is 2. The van der Waals surface area contributed by atoms with Gasteiger partial charge in [-0.25, -0.2) is 0 Å². The summed E-state index contributed by atoms with van der Waals surface area (Å²) in [6.07, 6.45) is 11.2. The third-order valence-electron chi connectivity index (χ3n) is 4.46. The van der Waals surface area contributed by atoms with Crippen molar-refractivity contribution in [3.8, 4) is 0 Å². The maximum absolute atomic E-state index is 11.0. The van der Waals surface area contributed by atoms with Gasteiger partial charge in [-0.2, -0.15) is 25.3 Å². The van der Waals surface area contributed by atoms with Crippen LogP contribution in [0.1, 0.15) is 91.9 Å². The van der Waals surface area contributed by atoms with Crippen LogP contribution in [0.15, 0.2) is 0 Å². The van der Waals surface area contributed by atoms with E-state index in [4.69, 9.17) is 0 Å². The van der Waals surface area contributed by atoms with Crippen molar-refractivity contribution in [2.45, 2.75) is 102 Å². The number of ether oxygens (including phenoxy) is 2. The SMILES string of the molecule is COC(=O)C(S)CCCCCC(C)C.COC(=O)C(S)CCCCCC(C)C.[Sn]. The van der Waals surface area contributed by atoms with E-state index in [9.17, 15) is 9.59 Å². The van der Waals surface area contributed by atoms with Crippen LogP contribution in [0, 0.1) is 11.8 Å². The number of carbonyl (C=O) groups is 2. The van der Waals surface area contributed by atoms with Crippen LogP contribution in [0.5, 0.6) is 0 Å². The Labute approximate surface area is 207 Å². The van der Waals surface area contributed by atoms with Gasteiger partial charge in [0, 0.05) is 23.9 Å². The van der Waals surface area contributed by atoms with Crippen molar-refractivity contribution < 1.29 is 19.1 Å². The molecule has 0 saturated carbocycles. The Morgan fingerprint density at radius 3 is 1.14 bits per heavy atom. The summed E-state index contributed by atoms with van der Waals surface area (Å²) in [4.78, 5) is 22.0. The van der Waals surface area contributed by atoms with Gasteiger partial charge in [0.2, 0.25) is 0 Å². The smallest absolute Gasteiger partial charge is 0.318 e. The van der Waals surface area contributed by atoms with Gasteiger partial charge in [-0.1, -0.05) is 79.1 Å². The number of methoxy groups -OCH3 is 2. The second-order valence-corrected chi connectivity index (χ2v) is 9.39. The molecule has 4 nitrogen and oxygen atoms in total. The predicted octanol–water partition coefficient (Wildman–Crippen LogP) is 5.75. The maximum Gasteiger partial charge on any atom is 0.318 e. The molecule has 172 valence electrons. The molecule has 0 fully saturated rings. The Kier molecular flexibility index (Phi) is 27.1. The van der Waals surface area contributed by atoms with E-state index >= 15 is 0 Å². The maximum atomic E-state index is 11.0. The Bertz CT molecular complexity index is 357. The molecular weight excluding hydrogens is 511 g/mol. The Morgan fingerprint density at radius 1 is 0.621 bits per heavy atom. The fraction of sp³-hybridized carbons (Fsp3) is 0.909. The molecule has 2 atom stereocenters. The van der Waals surface area contributed by atoms with E-state index < -0.39 is 0 Å². The van der Waals surface area contributed by atoms with Gasteiger partial charge in [-0.15, -0.1) is 0 Å². The van der Waals surface area contributed by atoms with Gasteiger partial charge in [0.1, 0.15) is 0 Å². The van der Waals surface area contributed by atoms with E-state index in [1.165, 1.54) is 52.7 Å².